The third-order valence-corrected chi connectivity index (χ3v) is 5.22. The summed E-state index contributed by atoms with van der Waals surface area (Å²) in [6.45, 7) is 6.59. The molecule has 3 nitrogen and oxygen atoms in total. The lowest BCUT2D eigenvalue weighted by Crippen LogP contribution is -2.27. The predicted molar refractivity (Wildman–Crippen MR) is 109 cm³/mol. The van der Waals surface area contributed by atoms with Crippen molar-refractivity contribution in [2.24, 2.45) is 0 Å². The zero-order valence-electron chi connectivity index (χ0n) is 16.5. The number of halogens is 1. The molecule has 0 bridgehead atoms. The van der Waals surface area contributed by atoms with Crippen LogP contribution in [0, 0.1) is 5.82 Å². The molecule has 1 atom stereocenters. The lowest BCUT2D eigenvalue weighted by Gasteiger charge is -2.24. The number of benzene rings is 2. The molecule has 1 aromatic heterocycles. The highest BCUT2D eigenvalue weighted by atomic mass is 19.1. The van der Waals surface area contributed by atoms with E-state index in [9.17, 15) is 9.50 Å². The van der Waals surface area contributed by atoms with Crippen molar-refractivity contribution in [3.05, 3.63) is 71.2 Å². The molecule has 1 N–H and O–H groups in total. The van der Waals surface area contributed by atoms with Gasteiger partial charge in [0.05, 0.1) is 6.10 Å². The van der Waals surface area contributed by atoms with E-state index in [1.807, 2.05) is 50.2 Å². The average molecular weight is 368 g/mol. The molecule has 0 saturated carbocycles. The number of aryl methyl sites for hydroxylation is 1. The van der Waals surface area contributed by atoms with Gasteiger partial charge >= 0.3 is 0 Å². The topological polar surface area (TPSA) is 28.4 Å². The maximum Gasteiger partial charge on any atom is 0.123 e. The molecule has 144 valence electrons. The summed E-state index contributed by atoms with van der Waals surface area (Å²) in [5.74, 6) is -0.190. The highest BCUT2D eigenvalue weighted by Gasteiger charge is 2.23. The largest absolute Gasteiger partial charge is 0.388 e. The lowest BCUT2D eigenvalue weighted by molar-refractivity contribution is 0.161. The Morgan fingerprint density at radius 1 is 1.11 bits per heavy atom. The quantitative estimate of drug-likeness (QED) is 0.708. The van der Waals surface area contributed by atoms with E-state index in [1.165, 1.54) is 17.3 Å². The minimum Gasteiger partial charge on any atom is -0.388 e. The molecule has 3 aromatic rings. The molecule has 27 heavy (non-hydrogen) atoms. The molecule has 0 aliphatic carbocycles. The number of fused-ring (bicyclic) bond motifs is 3. The average Bonchev–Trinajstić information content (AvgIpc) is 3.00. The van der Waals surface area contributed by atoms with Gasteiger partial charge in [-0.3, -0.25) is 0 Å². The first kappa shape index (κ1) is 19.6. The van der Waals surface area contributed by atoms with Gasteiger partial charge in [0.15, 0.2) is 0 Å². The van der Waals surface area contributed by atoms with Crippen molar-refractivity contribution in [3.63, 3.8) is 0 Å². The zero-order valence-corrected chi connectivity index (χ0v) is 16.5. The first-order chi connectivity index (χ1) is 13.1. The Labute approximate surface area is 161 Å². The van der Waals surface area contributed by atoms with Crippen LogP contribution in [0.15, 0.2) is 48.5 Å². The van der Waals surface area contributed by atoms with Gasteiger partial charge in [-0.2, -0.15) is 0 Å². The van der Waals surface area contributed by atoms with E-state index in [0.29, 0.717) is 6.42 Å². The molecule has 0 spiro atoms. The number of aromatic nitrogens is 1. The Kier molecular flexibility index (Phi) is 6.30. The fraction of sp³-hybridized carbons (Fsp3) is 0.391. The lowest BCUT2D eigenvalue weighted by atomic mass is 10.0. The Bertz CT molecular complexity index is 888. The maximum absolute atomic E-state index is 13.8. The van der Waals surface area contributed by atoms with E-state index in [4.69, 9.17) is 0 Å². The van der Waals surface area contributed by atoms with Crippen molar-refractivity contribution in [3.8, 4) is 0 Å². The van der Waals surface area contributed by atoms with Gasteiger partial charge in [-0.15, -0.1) is 0 Å². The van der Waals surface area contributed by atoms with E-state index >= 15 is 0 Å². The Balaban J connectivity index is 0.00000102. The van der Waals surface area contributed by atoms with Gasteiger partial charge in [0.1, 0.15) is 5.82 Å². The standard InChI is InChI=1S/C21H23FN2O.C2H6/c1-23-11-9-20-18(14-23)17-13-16(22)7-8-19(17)24(20)12-10-21(25)15-5-3-2-4-6-15;1-2/h2-8,13,21,25H,9-12,14H2,1H3;1-2H3. The van der Waals surface area contributed by atoms with Crippen molar-refractivity contribution in [1.82, 2.24) is 9.47 Å². The molecule has 0 saturated heterocycles. The second-order valence-corrected chi connectivity index (χ2v) is 6.94. The molecule has 0 amide bonds. The molecule has 2 heterocycles. The molecule has 4 heteroatoms. The summed E-state index contributed by atoms with van der Waals surface area (Å²) >= 11 is 0. The van der Waals surface area contributed by atoms with E-state index in [-0.39, 0.29) is 5.82 Å². The van der Waals surface area contributed by atoms with E-state index in [1.54, 1.807) is 6.07 Å². The number of likely N-dealkylation sites (N-methyl/N-ethyl adjacent to an activating group) is 1. The first-order valence-electron chi connectivity index (χ1n) is 9.84. The van der Waals surface area contributed by atoms with Gasteiger partial charge in [-0.1, -0.05) is 44.2 Å². The first-order valence-corrected chi connectivity index (χ1v) is 9.84. The smallest absolute Gasteiger partial charge is 0.123 e. The highest BCUT2D eigenvalue weighted by molar-refractivity contribution is 5.86. The van der Waals surface area contributed by atoms with E-state index in [2.05, 4.69) is 16.5 Å². The third-order valence-electron chi connectivity index (χ3n) is 5.22. The monoisotopic (exact) mass is 368 g/mol. The molecule has 2 aromatic carbocycles. The van der Waals surface area contributed by atoms with Gasteiger partial charge in [-0.05, 0) is 42.8 Å². The van der Waals surface area contributed by atoms with Crippen LogP contribution in [0.2, 0.25) is 0 Å². The summed E-state index contributed by atoms with van der Waals surface area (Å²) in [6, 6.07) is 14.8. The van der Waals surface area contributed by atoms with Gasteiger partial charge in [-0.25, -0.2) is 4.39 Å². The molecular weight excluding hydrogens is 339 g/mol. The van der Waals surface area contributed by atoms with Crippen LogP contribution in [0.1, 0.15) is 43.2 Å². The van der Waals surface area contributed by atoms with Crippen LogP contribution in [-0.4, -0.2) is 28.2 Å². The van der Waals surface area contributed by atoms with Gasteiger partial charge in [0, 0.05) is 42.7 Å². The van der Waals surface area contributed by atoms with Crippen molar-refractivity contribution in [1.29, 1.82) is 0 Å². The second-order valence-electron chi connectivity index (χ2n) is 6.94. The molecule has 0 radical (unpaired) electrons. The summed E-state index contributed by atoms with van der Waals surface area (Å²) in [5.41, 5.74) is 4.54. The van der Waals surface area contributed by atoms with Crippen LogP contribution in [0.5, 0.6) is 0 Å². The van der Waals surface area contributed by atoms with Crippen LogP contribution >= 0.6 is 0 Å². The van der Waals surface area contributed by atoms with Gasteiger partial charge < -0.3 is 14.6 Å². The number of hydrogen-bond acceptors (Lipinski definition) is 2. The number of hydrogen-bond donors (Lipinski definition) is 1. The maximum atomic E-state index is 13.8. The Hall–Kier alpha value is -2.17. The SMILES string of the molecule is CC.CN1CCc2c(c3cc(F)ccc3n2CCC(O)c2ccccc2)C1. The molecule has 4 rings (SSSR count). The second kappa shape index (κ2) is 8.68. The Morgan fingerprint density at radius 3 is 2.59 bits per heavy atom. The molecule has 1 aliphatic rings. The van der Waals surface area contributed by atoms with Gasteiger partial charge in [0.2, 0.25) is 0 Å². The molecule has 0 fully saturated rings. The normalized spacial score (nSPS) is 15.1. The molecule has 1 unspecified atom stereocenters. The van der Waals surface area contributed by atoms with E-state index < -0.39 is 6.10 Å². The van der Waals surface area contributed by atoms with Gasteiger partial charge in [0.25, 0.3) is 0 Å². The third kappa shape index (κ3) is 4.07. The van der Waals surface area contributed by atoms with Crippen molar-refractivity contribution >= 4 is 10.9 Å². The number of aliphatic hydroxyl groups excluding tert-OH is 1. The summed E-state index contributed by atoms with van der Waals surface area (Å²) in [4.78, 5) is 2.27. The fourth-order valence-corrected chi connectivity index (χ4v) is 3.91. The van der Waals surface area contributed by atoms with Crippen molar-refractivity contribution in [2.75, 3.05) is 13.6 Å². The predicted octanol–water partition coefficient (Wildman–Crippen LogP) is 4.92. The van der Waals surface area contributed by atoms with E-state index in [0.717, 1.165) is 42.5 Å². The molecule has 1 aliphatic heterocycles. The zero-order chi connectivity index (χ0) is 19.4. The summed E-state index contributed by atoms with van der Waals surface area (Å²) in [6.07, 6.45) is 1.12. The summed E-state index contributed by atoms with van der Waals surface area (Å²) in [5, 5.41) is 11.5. The van der Waals surface area contributed by atoms with Crippen LogP contribution < -0.4 is 0 Å². The van der Waals surface area contributed by atoms with Crippen LogP contribution in [0.25, 0.3) is 10.9 Å². The van der Waals surface area contributed by atoms with Crippen LogP contribution in [0.3, 0.4) is 0 Å². The molecular formula is C23H29FN2O. The Morgan fingerprint density at radius 2 is 1.85 bits per heavy atom. The minimum absolute atomic E-state index is 0.190. The number of nitrogens with zero attached hydrogens (tertiary/aromatic N) is 2. The van der Waals surface area contributed by atoms with Crippen molar-refractivity contribution < 1.29 is 9.50 Å². The minimum atomic E-state index is -0.485. The fourth-order valence-electron chi connectivity index (χ4n) is 3.91. The van der Waals surface area contributed by atoms with Crippen LogP contribution in [-0.2, 0) is 19.5 Å². The van der Waals surface area contributed by atoms with Crippen LogP contribution in [0.4, 0.5) is 4.39 Å². The number of rotatable bonds is 4. The summed E-state index contributed by atoms with van der Waals surface area (Å²) in [7, 11) is 2.10. The summed E-state index contributed by atoms with van der Waals surface area (Å²) < 4.78 is 16.1. The number of aliphatic hydroxyl groups is 1. The highest BCUT2D eigenvalue weighted by Crippen LogP contribution is 2.32. The van der Waals surface area contributed by atoms with Crippen molar-refractivity contribution in [2.45, 2.75) is 45.9 Å².